The Morgan fingerprint density at radius 2 is 1.59 bits per heavy atom. The van der Waals surface area contributed by atoms with Crippen LogP contribution in [-0.4, -0.2) is 40.1 Å². The highest BCUT2D eigenvalue weighted by atomic mass is 28.4. The average molecular weight is 509 g/mol. The molecule has 0 saturated heterocycles. The van der Waals surface area contributed by atoms with Gasteiger partial charge in [-0.05, 0) is 72.9 Å². The molecule has 0 amide bonds. The van der Waals surface area contributed by atoms with E-state index in [0.717, 1.165) is 24.8 Å². The second-order valence-electron chi connectivity index (χ2n) is 14.2. The van der Waals surface area contributed by atoms with Crippen molar-refractivity contribution in [1.82, 2.24) is 0 Å². The Morgan fingerprint density at radius 1 is 1.00 bits per heavy atom. The molecular weight excluding hydrogens is 452 g/mol. The Hall–Kier alpha value is -0.206. The lowest BCUT2D eigenvalue weighted by atomic mass is 9.90. The van der Waals surface area contributed by atoms with Gasteiger partial charge >= 0.3 is 0 Å². The van der Waals surface area contributed by atoms with Crippen LogP contribution in [0.1, 0.15) is 87.0 Å². The van der Waals surface area contributed by atoms with Crippen LogP contribution in [0.15, 0.2) is 24.3 Å². The third-order valence-corrected chi connectivity index (χ3v) is 18.5. The molecule has 3 nitrogen and oxygen atoms in total. The van der Waals surface area contributed by atoms with Gasteiger partial charge < -0.3 is 14.0 Å². The largest absolute Gasteiger partial charge is 0.413 e. The van der Waals surface area contributed by atoms with E-state index in [1.807, 2.05) is 0 Å². The van der Waals surface area contributed by atoms with Gasteiger partial charge in [-0.15, -0.1) is 0 Å². The van der Waals surface area contributed by atoms with Crippen LogP contribution in [-0.2, 0) is 8.85 Å². The van der Waals surface area contributed by atoms with E-state index in [1.54, 1.807) is 0 Å². The highest BCUT2D eigenvalue weighted by molar-refractivity contribution is 6.74. The van der Waals surface area contributed by atoms with Crippen LogP contribution in [0.4, 0.5) is 0 Å². The summed E-state index contributed by atoms with van der Waals surface area (Å²) in [4.78, 5) is 0. The highest BCUT2D eigenvalue weighted by Crippen LogP contribution is 2.53. The number of hydrogen-bond acceptors (Lipinski definition) is 3. The first-order valence-corrected chi connectivity index (χ1v) is 19.6. The summed E-state index contributed by atoms with van der Waals surface area (Å²) < 4.78 is 13.9. The Bertz CT molecular complexity index is 714. The molecule has 0 aromatic carbocycles. The summed E-state index contributed by atoms with van der Waals surface area (Å²) in [6.07, 6.45) is 11.4. The summed E-state index contributed by atoms with van der Waals surface area (Å²) in [5, 5.41) is 11.2. The van der Waals surface area contributed by atoms with Gasteiger partial charge in [0.25, 0.3) is 0 Å². The summed E-state index contributed by atoms with van der Waals surface area (Å²) in [5.41, 5.74) is 1.01. The number of rotatable bonds is 10. The van der Waals surface area contributed by atoms with E-state index in [0.29, 0.717) is 11.8 Å². The van der Waals surface area contributed by atoms with Crippen LogP contribution in [0, 0.1) is 17.8 Å². The molecule has 2 saturated carbocycles. The Labute approximate surface area is 214 Å². The van der Waals surface area contributed by atoms with Crippen LogP contribution >= 0.6 is 0 Å². The van der Waals surface area contributed by atoms with Crippen molar-refractivity contribution in [2.45, 2.75) is 142 Å². The van der Waals surface area contributed by atoms with Gasteiger partial charge in [0.2, 0.25) is 0 Å². The third kappa shape index (κ3) is 6.96. The third-order valence-electron chi connectivity index (χ3n) is 9.44. The van der Waals surface area contributed by atoms with E-state index in [4.69, 9.17) is 8.85 Å². The fourth-order valence-electron chi connectivity index (χ4n) is 5.08. The average Bonchev–Trinajstić information content (AvgIpc) is 3.13. The van der Waals surface area contributed by atoms with Gasteiger partial charge in [-0.2, -0.15) is 0 Å². The first-order chi connectivity index (χ1) is 15.4. The molecule has 0 aromatic heterocycles. The predicted molar refractivity (Wildman–Crippen MR) is 152 cm³/mol. The molecule has 34 heavy (non-hydrogen) atoms. The molecule has 0 bridgehead atoms. The zero-order valence-electron chi connectivity index (χ0n) is 24.3. The van der Waals surface area contributed by atoms with Crippen molar-refractivity contribution in [3.05, 3.63) is 24.3 Å². The standard InChI is InChI=1S/C29H56O3Si2/c1-13-14-15-16-22(31-33(9,10)28(3,4)5)17-18-23-24-19-21(2)27(30)25(24)20-26(23)32-34(11,12)29(6,7)8/h17-18,22-27,30H,2,13-16,19-20H2,1,3-12H3/b18-17+/t22-,23+,24-,25-,26+,27?/m0/s1. The van der Waals surface area contributed by atoms with Crippen LogP contribution in [0.2, 0.25) is 36.3 Å². The van der Waals surface area contributed by atoms with E-state index in [2.05, 4.69) is 93.4 Å². The fraction of sp³-hybridized carbons (Fsp3) is 0.862. The Morgan fingerprint density at radius 3 is 2.12 bits per heavy atom. The Balaban J connectivity index is 2.30. The van der Waals surface area contributed by atoms with Gasteiger partial charge in [0.1, 0.15) is 0 Å². The number of hydrogen-bond donors (Lipinski definition) is 1. The molecule has 1 N–H and O–H groups in total. The van der Waals surface area contributed by atoms with Crippen molar-refractivity contribution in [2.24, 2.45) is 17.8 Å². The lowest BCUT2D eigenvalue weighted by Gasteiger charge is -2.40. The molecule has 5 heteroatoms. The van der Waals surface area contributed by atoms with Gasteiger partial charge in [0.15, 0.2) is 16.6 Å². The van der Waals surface area contributed by atoms with Crippen molar-refractivity contribution in [2.75, 3.05) is 0 Å². The van der Waals surface area contributed by atoms with Crippen molar-refractivity contribution in [3.63, 3.8) is 0 Å². The van der Waals surface area contributed by atoms with Crippen molar-refractivity contribution >= 4 is 16.6 Å². The van der Waals surface area contributed by atoms with Gasteiger partial charge in [-0.3, -0.25) is 0 Å². The van der Waals surface area contributed by atoms with Gasteiger partial charge in [-0.1, -0.05) is 86.5 Å². The zero-order chi connectivity index (χ0) is 26.1. The maximum atomic E-state index is 10.8. The quantitative estimate of drug-likeness (QED) is 0.183. The second kappa shape index (κ2) is 11.0. The van der Waals surface area contributed by atoms with Crippen LogP contribution in [0.3, 0.4) is 0 Å². The summed E-state index contributed by atoms with van der Waals surface area (Å²) in [6.45, 7) is 29.8. The molecule has 0 aliphatic heterocycles. The number of unbranched alkanes of at least 4 members (excludes halogenated alkanes) is 2. The summed E-state index contributed by atoms with van der Waals surface area (Å²) in [7, 11) is -3.77. The molecule has 2 aliphatic carbocycles. The minimum atomic E-state index is -1.91. The van der Waals surface area contributed by atoms with E-state index < -0.39 is 16.6 Å². The molecule has 2 rings (SSSR count). The molecule has 0 radical (unpaired) electrons. The van der Waals surface area contributed by atoms with Crippen LogP contribution in [0.5, 0.6) is 0 Å². The predicted octanol–water partition coefficient (Wildman–Crippen LogP) is 8.48. The van der Waals surface area contributed by atoms with Gasteiger partial charge in [0.05, 0.1) is 18.3 Å². The lowest BCUT2D eigenvalue weighted by molar-refractivity contribution is 0.128. The maximum Gasteiger partial charge on any atom is 0.192 e. The molecule has 0 heterocycles. The van der Waals surface area contributed by atoms with Crippen molar-refractivity contribution in [1.29, 1.82) is 0 Å². The molecule has 198 valence electrons. The molecule has 1 unspecified atom stereocenters. The lowest BCUT2D eigenvalue weighted by Crippen LogP contribution is -2.45. The second-order valence-corrected chi connectivity index (χ2v) is 23.7. The normalized spacial score (nSPS) is 29.8. The molecule has 2 aliphatic rings. The molecule has 6 atom stereocenters. The monoisotopic (exact) mass is 508 g/mol. The summed E-state index contributed by atoms with van der Waals surface area (Å²) in [6, 6.07) is 0. The molecular formula is C29H56O3Si2. The fourth-order valence-corrected chi connectivity index (χ4v) is 7.75. The van der Waals surface area contributed by atoms with Gasteiger partial charge in [0, 0.05) is 5.92 Å². The Kier molecular flexibility index (Phi) is 9.75. The minimum absolute atomic E-state index is 0.162. The maximum absolute atomic E-state index is 10.8. The molecule has 0 spiro atoms. The first kappa shape index (κ1) is 30.0. The van der Waals surface area contributed by atoms with E-state index in [1.165, 1.54) is 19.3 Å². The minimum Gasteiger partial charge on any atom is -0.413 e. The SMILES string of the molecule is C=C1C[C@H]2[C@@H](/C=C/[C@H](CCCCC)O[Si](C)(C)C(C)(C)C)[C@H](O[Si](C)(C)C(C)(C)C)C[C@@H]2C1O. The molecule has 2 fully saturated rings. The van der Waals surface area contributed by atoms with Crippen molar-refractivity contribution in [3.8, 4) is 0 Å². The summed E-state index contributed by atoms with van der Waals surface area (Å²) in [5.74, 6) is 1.03. The van der Waals surface area contributed by atoms with Gasteiger partial charge in [-0.25, -0.2) is 0 Å². The smallest absolute Gasteiger partial charge is 0.192 e. The highest BCUT2D eigenvalue weighted by Gasteiger charge is 2.52. The number of aliphatic hydroxyl groups excluding tert-OH is 1. The van der Waals surface area contributed by atoms with E-state index >= 15 is 0 Å². The van der Waals surface area contributed by atoms with Crippen LogP contribution < -0.4 is 0 Å². The van der Waals surface area contributed by atoms with Crippen molar-refractivity contribution < 1.29 is 14.0 Å². The summed E-state index contributed by atoms with van der Waals surface area (Å²) >= 11 is 0. The van der Waals surface area contributed by atoms with E-state index in [9.17, 15) is 5.11 Å². The number of fused-ring (bicyclic) bond motifs is 1. The van der Waals surface area contributed by atoms with Crippen LogP contribution in [0.25, 0.3) is 0 Å². The first-order valence-electron chi connectivity index (χ1n) is 13.8. The molecule has 0 aromatic rings. The topological polar surface area (TPSA) is 38.7 Å². The zero-order valence-corrected chi connectivity index (χ0v) is 26.3. The van der Waals surface area contributed by atoms with E-state index in [-0.39, 0.29) is 34.3 Å². The number of aliphatic hydroxyl groups is 1.